The van der Waals surface area contributed by atoms with Gasteiger partial charge in [-0.05, 0) is 24.3 Å². The molecule has 6 nitrogen and oxygen atoms in total. The van der Waals surface area contributed by atoms with Crippen molar-refractivity contribution >= 4 is 5.84 Å². The van der Waals surface area contributed by atoms with Crippen LogP contribution in [0.25, 0.3) is 0 Å². The van der Waals surface area contributed by atoms with Crippen LogP contribution in [0.5, 0.6) is 23.0 Å². The summed E-state index contributed by atoms with van der Waals surface area (Å²) in [4.78, 5) is 0. The van der Waals surface area contributed by atoms with Gasteiger partial charge < -0.3 is 25.2 Å². The molecule has 21 heavy (non-hydrogen) atoms. The monoisotopic (exact) mass is 288 g/mol. The SMILES string of the molecule is COc1cc(OC)cc(Oc2ccc(/C(N)=N/O)cc2)c1. The normalized spacial score (nSPS) is 11.0. The summed E-state index contributed by atoms with van der Waals surface area (Å²) in [6, 6.07) is 12.1. The molecule has 0 spiro atoms. The third-order valence-electron chi connectivity index (χ3n) is 2.82. The van der Waals surface area contributed by atoms with Crippen LogP contribution in [-0.2, 0) is 0 Å². The smallest absolute Gasteiger partial charge is 0.170 e. The summed E-state index contributed by atoms with van der Waals surface area (Å²) < 4.78 is 16.1. The molecule has 0 fully saturated rings. The van der Waals surface area contributed by atoms with Crippen molar-refractivity contribution in [3.63, 3.8) is 0 Å². The van der Waals surface area contributed by atoms with Gasteiger partial charge in [0.2, 0.25) is 0 Å². The largest absolute Gasteiger partial charge is 0.496 e. The number of methoxy groups -OCH3 is 2. The zero-order valence-electron chi connectivity index (χ0n) is 11.7. The highest BCUT2D eigenvalue weighted by Gasteiger charge is 2.05. The van der Waals surface area contributed by atoms with Gasteiger partial charge in [0.05, 0.1) is 14.2 Å². The summed E-state index contributed by atoms with van der Waals surface area (Å²) in [5.74, 6) is 2.52. The average Bonchev–Trinajstić information content (AvgIpc) is 2.54. The number of hydrogen-bond acceptors (Lipinski definition) is 5. The molecule has 110 valence electrons. The fourth-order valence-electron chi connectivity index (χ4n) is 1.73. The topological polar surface area (TPSA) is 86.3 Å². The lowest BCUT2D eigenvalue weighted by Crippen LogP contribution is -2.12. The number of hydrogen-bond donors (Lipinski definition) is 2. The van der Waals surface area contributed by atoms with E-state index >= 15 is 0 Å². The van der Waals surface area contributed by atoms with Crippen LogP contribution in [0.3, 0.4) is 0 Å². The fraction of sp³-hybridized carbons (Fsp3) is 0.133. The number of rotatable bonds is 5. The molecule has 0 aromatic heterocycles. The molecule has 0 heterocycles. The Morgan fingerprint density at radius 1 is 0.905 bits per heavy atom. The molecule has 0 saturated carbocycles. The predicted molar refractivity (Wildman–Crippen MR) is 78.6 cm³/mol. The highest BCUT2D eigenvalue weighted by Crippen LogP contribution is 2.30. The summed E-state index contributed by atoms with van der Waals surface area (Å²) in [5.41, 5.74) is 6.10. The Morgan fingerprint density at radius 2 is 1.43 bits per heavy atom. The van der Waals surface area contributed by atoms with Gasteiger partial charge in [-0.3, -0.25) is 0 Å². The van der Waals surface area contributed by atoms with Crippen molar-refractivity contribution < 1.29 is 19.4 Å². The maximum Gasteiger partial charge on any atom is 0.170 e. The molecule has 0 bridgehead atoms. The molecular formula is C15H16N2O4. The van der Waals surface area contributed by atoms with Crippen LogP contribution in [0.2, 0.25) is 0 Å². The summed E-state index contributed by atoms with van der Waals surface area (Å²) in [5, 5.41) is 11.6. The van der Waals surface area contributed by atoms with E-state index in [1.54, 1.807) is 56.7 Å². The second-order valence-electron chi connectivity index (χ2n) is 4.16. The summed E-state index contributed by atoms with van der Waals surface area (Å²) >= 11 is 0. The molecule has 3 N–H and O–H groups in total. The Hall–Kier alpha value is -2.89. The molecule has 2 rings (SSSR count). The van der Waals surface area contributed by atoms with Crippen LogP contribution in [0.4, 0.5) is 0 Å². The fourth-order valence-corrected chi connectivity index (χ4v) is 1.73. The molecule has 2 aromatic carbocycles. The first kappa shape index (κ1) is 14.5. The second kappa shape index (κ2) is 6.51. The third kappa shape index (κ3) is 3.56. The molecule has 2 aromatic rings. The minimum Gasteiger partial charge on any atom is -0.496 e. The average molecular weight is 288 g/mol. The van der Waals surface area contributed by atoms with Crippen molar-refractivity contribution in [2.75, 3.05) is 14.2 Å². The van der Waals surface area contributed by atoms with E-state index in [1.165, 1.54) is 0 Å². The Kier molecular flexibility index (Phi) is 4.50. The molecule has 0 radical (unpaired) electrons. The van der Waals surface area contributed by atoms with E-state index < -0.39 is 0 Å². The van der Waals surface area contributed by atoms with Gasteiger partial charge in [0.15, 0.2) is 5.84 Å². The summed E-state index contributed by atoms with van der Waals surface area (Å²) in [6.07, 6.45) is 0. The van der Waals surface area contributed by atoms with Gasteiger partial charge in [-0.2, -0.15) is 0 Å². The second-order valence-corrected chi connectivity index (χ2v) is 4.16. The molecule has 0 aliphatic heterocycles. The van der Waals surface area contributed by atoms with Gasteiger partial charge in [0.25, 0.3) is 0 Å². The molecule has 0 atom stereocenters. The molecular weight excluding hydrogens is 272 g/mol. The van der Waals surface area contributed by atoms with E-state index in [4.69, 9.17) is 25.2 Å². The highest BCUT2D eigenvalue weighted by molar-refractivity contribution is 5.97. The zero-order valence-corrected chi connectivity index (χ0v) is 11.7. The highest BCUT2D eigenvalue weighted by atomic mass is 16.5. The third-order valence-corrected chi connectivity index (χ3v) is 2.82. The number of nitrogens with two attached hydrogens (primary N) is 1. The minimum atomic E-state index is 0.0459. The lowest BCUT2D eigenvalue weighted by atomic mass is 10.2. The Bertz CT molecular complexity index is 616. The molecule has 0 unspecified atom stereocenters. The first-order chi connectivity index (χ1) is 10.2. The van der Waals surface area contributed by atoms with Crippen molar-refractivity contribution in [3.05, 3.63) is 48.0 Å². The van der Waals surface area contributed by atoms with E-state index in [0.29, 0.717) is 28.6 Å². The lowest BCUT2D eigenvalue weighted by Gasteiger charge is -2.10. The van der Waals surface area contributed by atoms with E-state index in [2.05, 4.69) is 5.16 Å². The van der Waals surface area contributed by atoms with Gasteiger partial charge in [0, 0.05) is 23.8 Å². The Morgan fingerprint density at radius 3 is 1.90 bits per heavy atom. The first-order valence-electron chi connectivity index (χ1n) is 6.15. The molecule has 0 amide bonds. The number of benzene rings is 2. The molecule has 0 aliphatic rings. The van der Waals surface area contributed by atoms with Crippen LogP contribution in [0, 0.1) is 0 Å². The van der Waals surface area contributed by atoms with Gasteiger partial charge in [-0.1, -0.05) is 5.16 Å². The molecule has 0 saturated heterocycles. The predicted octanol–water partition coefficient (Wildman–Crippen LogP) is 2.59. The zero-order chi connectivity index (χ0) is 15.2. The summed E-state index contributed by atoms with van der Waals surface area (Å²) in [7, 11) is 3.15. The van der Waals surface area contributed by atoms with Crippen LogP contribution in [0.15, 0.2) is 47.6 Å². The Balaban J connectivity index is 2.21. The maximum atomic E-state index is 8.61. The standard InChI is InChI=1S/C15H16N2O4/c1-19-12-7-13(20-2)9-14(8-12)21-11-5-3-10(4-6-11)15(16)17-18/h3-9,18H,1-2H3,(H2,16,17). The first-order valence-corrected chi connectivity index (χ1v) is 6.15. The van der Waals surface area contributed by atoms with E-state index in [1.807, 2.05) is 0 Å². The Labute approximate surface area is 122 Å². The number of oxime groups is 1. The van der Waals surface area contributed by atoms with E-state index in [9.17, 15) is 0 Å². The summed E-state index contributed by atoms with van der Waals surface area (Å²) in [6.45, 7) is 0. The van der Waals surface area contributed by atoms with Crippen LogP contribution < -0.4 is 19.9 Å². The minimum absolute atomic E-state index is 0.0459. The quantitative estimate of drug-likeness (QED) is 0.382. The lowest BCUT2D eigenvalue weighted by molar-refractivity contribution is 0.318. The van der Waals surface area contributed by atoms with Crippen molar-refractivity contribution in [3.8, 4) is 23.0 Å². The number of ether oxygens (including phenoxy) is 3. The number of nitrogens with zero attached hydrogens (tertiary/aromatic N) is 1. The van der Waals surface area contributed by atoms with E-state index in [-0.39, 0.29) is 5.84 Å². The van der Waals surface area contributed by atoms with Crippen molar-refractivity contribution in [2.24, 2.45) is 10.9 Å². The van der Waals surface area contributed by atoms with Gasteiger partial charge >= 0.3 is 0 Å². The van der Waals surface area contributed by atoms with Crippen molar-refractivity contribution in [1.29, 1.82) is 0 Å². The number of amidine groups is 1. The van der Waals surface area contributed by atoms with Gasteiger partial charge in [0.1, 0.15) is 23.0 Å². The van der Waals surface area contributed by atoms with Gasteiger partial charge in [-0.25, -0.2) is 0 Å². The van der Waals surface area contributed by atoms with Crippen LogP contribution in [0.1, 0.15) is 5.56 Å². The maximum absolute atomic E-state index is 8.61. The van der Waals surface area contributed by atoms with E-state index in [0.717, 1.165) is 0 Å². The molecule has 0 aliphatic carbocycles. The van der Waals surface area contributed by atoms with Crippen molar-refractivity contribution in [1.82, 2.24) is 0 Å². The van der Waals surface area contributed by atoms with Crippen LogP contribution >= 0.6 is 0 Å². The van der Waals surface area contributed by atoms with Gasteiger partial charge in [-0.15, -0.1) is 0 Å². The van der Waals surface area contributed by atoms with Crippen molar-refractivity contribution in [2.45, 2.75) is 0 Å². The van der Waals surface area contributed by atoms with Crippen LogP contribution in [-0.4, -0.2) is 25.3 Å². The molecule has 6 heteroatoms.